The van der Waals surface area contributed by atoms with Crippen molar-refractivity contribution in [3.63, 3.8) is 0 Å². The lowest BCUT2D eigenvalue weighted by Gasteiger charge is -2.27. The minimum Gasteiger partial charge on any atom is -0.368 e. The largest absolute Gasteiger partial charge is 0.368 e. The molecule has 2 atom stereocenters. The van der Waals surface area contributed by atoms with E-state index in [1.807, 2.05) is 6.92 Å². The van der Waals surface area contributed by atoms with Gasteiger partial charge in [-0.25, -0.2) is 0 Å². The Morgan fingerprint density at radius 1 is 1.11 bits per heavy atom. The van der Waals surface area contributed by atoms with Crippen LogP contribution in [0.4, 0.5) is 0 Å². The summed E-state index contributed by atoms with van der Waals surface area (Å²) in [6.45, 7) is 4.28. The minimum absolute atomic E-state index is 0.0480. The van der Waals surface area contributed by atoms with Crippen molar-refractivity contribution in [1.29, 1.82) is 0 Å². The van der Waals surface area contributed by atoms with Crippen LogP contribution < -0.4 is 5.32 Å². The van der Waals surface area contributed by atoms with Crippen molar-refractivity contribution >= 4 is 0 Å². The first-order valence-corrected chi connectivity index (χ1v) is 7.75. The van der Waals surface area contributed by atoms with E-state index in [4.69, 9.17) is 0 Å². The smallest absolute Gasteiger partial charge is 0.154 e. The maximum absolute atomic E-state index is 9.18. The Morgan fingerprint density at radius 2 is 1.78 bits per heavy atom. The van der Waals surface area contributed by atoms with Gasteiger partial charge in [-0.3, -0.25) is 0 Å². The molecule has 0 bridgehead atoms. The molecule has 3 heteroatoms. The van der Waals surface area contributed by atoms with Crippen molar-refractivity contribution in [2.24, 2.45) is 5.92 Å². The molecule has 0 aromatic rings. The molecule has 0 spiro atoms. The highest BCUT2D eigenvalue weighted by atomic mass is 16.5. The SMILES string of the molecule is CCC(CCCC(C)NC1CCCCC1)C(O)O. The van der Waals surface area contributed by atoms with Crippen molar-refractivity contribution in [3.8, 4) is 0 Å². The zero-order chi connectivity index (χ0) is 13.4. The van der Waals surface area contributed by atoms with Gasteiger partial charge < -0.3 is 15.5 Å². The summed E-state index contributed by atoms with van der Waals surface area (Å²) >= 11 is 0. The lowest BCUT2D eigenvalue weighted by Crippen LogP contribution is -2.37. The Balaban J connectivity index is 2.10. The van der Waals surface area contributed by atoms with Crippen LogP contribution in [0.3, 0.4) is 0 Å². The molecule has 0 aromatic carbocycles. The normalized spacial score (nSPS) is 21.2. The van der Waals surface area contributed by atoms with Crippen LogP contribution in [0.2, 0.25) is 0 Å². The predicted molar refractivity (Wildman–Crippen MR) is 75.3 cm³/mol. The number of nitrogens with one attached hydrogen (secondary N) is 1. The van der Waals surface area contributed by atoms with E-state index in [9.17, 15) is 10.2 Å². The van der Waals surface area contributed by atoms with Gasteiger partial charge in [0.15, 0.2) is 6.29 Å². The van der Waals surface area contributed by atoms with Gasteiger partial charge in [0.25, 0.3) is 0 Å². The lowest BCUT2D eigenvalue weighted by atomic mass is 9.93. The van der Waals surface area contributed by atoms with Crippen LogP contribution in [0.25, 0.3) is 0 Å². The minimum atomic E-state index is -1.14. The molecule has 1 aliphatic carbocycles. The van der Waals surface area contributed by atoms with Crippen molar-refractivity contribution in [2.75, 3.05) is 0 Å². The highest BCUT2D eigenvalue weighted by Gasteiger charge is 2.17. The topological polar surface area (TPSA) is 52.5 Å². The summed E-state index contributed by atoms with van der Waals surface area (Å²) in [6, 6.07) is 1.28. The molecule has 0 aromatic heterocycles. The maximum Gasteiger partial charge on any atom is 0.154 e. The van der Waals surface area contributed by atoms with Gasteiger partial charge in [0.05, 0.1) is 0 Å². The average molecular weight is 257 g/mol. The van der Waals surface area contributed by atoms with E-state index in [1.165, 1.54) is 32.1 Å². The summed E-state index contributed by atoms with van der Waals surface area (Å²) in [5.41, 5.74) is 0. The van der Waals surface area contributed by atoms with Crippen LogP contribution >= 0.6 is 0 Å². The Hall–Kier alpha value is -0.120. The molecular formula is C15H31NO2. The van der Waals surface area contributed by atoms with Crippen LogP contribution in [0.1, 0.15) is 71.6 Å². The molecule has 0 saturated heterocycles. The van der Waals surface area contributed by atoms with Gasteiger partial charge in [0.2, 0.25) is 0 Å². The standard InChI is InChI=1S/C15H31NO2/c1-3-13(15(17)18)9-7-8-12(2)16-14-10-5-4-6-11-14/h12-18H,3-11H2,1-2H3. The van der Waals surface area contributed by atoms with Crippen LogP contribution in [-0.2, 0) is 0 Å². The Morgan fingerprint density at radius 3 is 2.33 bits per heavy atom. The van der Waals surface area contributed by atoms with Gasteiger partial charge in [-0.05, 0) is 39.0 Å². The Labute approximate surface area is 112 Å². The van der Waals surface area contributed by atoms with Crippen LogP contribution in [-0.4, -0.2) is 28.6 Å². The average Bonchev–Trinajstić information content (AvgIpc) is 2.35. The molecule has 1 rings (SSSR count). The molecule has 0 radical (unpaired) electrons. The fourth-order valence-electron chi connectivity index (χ4n) is 3.01. The van der Waals surface area contributed by atoms with E-state index in [0.717, 1.165) is 31.7 Å². The summed E-state index contributed by atoms with van der Waals surface area (Å²) in [5, 5.41) is 22.1. The third kappa shape index (κ3) is 6.17. The number of hydrogen-bond donors (Lipinski definition) is 3. The third-order valence-corrected chi connectivity index (χ3v) is 4.28. The molecule has 0 aliphatic heterocycles. The van der Waals surface area contributed by atoms with Gasteiger partial charge in [0.1, 0.15) is 0 Å². The molecule has 0 amide bonds. The monoisotopic (exact) mass is 257 g/mol. The molecule has 3 nitrogen and oxygen atoms in total. The fourth-order valence-corrected chi connectivity index (χ4v) is 3.01. The maximum atomic E-state index is 9.18. The zero-order valence-corrected chi connectivity index (χ0v) is 12.1. The van der Waals surface area contributed by atoms with E-state index < -0.39 is 6.29 Å². The summed E-state index contributed by atoms with van der Waals surface area (Å²) < 4.78 is 0. The van der Waals surface area contributed by atoms with Crippen LogP contribution in [0.15, 0.2) is 0 Å². The van der Waals surface area contributed by atoms with E-state index in [-0.39, 0.29) is 5.92 Å². The molecule has 1 aliphatic rings. The summed E-state index contributed by atoms with van der Waals surface area (Å²) in [5.74, 6) is 0.0480. The van der Waals surface area contributed by atoms with E-state index in [0.29, 0.717) is 6.04 Å². The lowest BCUT2D eigenvalue weighted by molar-refractivity contribution is -0.0872. The second kappa shape index (κ2) is 8.89. The third-order valence-electron chi connectivity index (χ3n) is 4.28. The number of aliphatic hydroxyl groups is 2. The molecular weight excluding hydrogens is 226 g/mol. The van der Waals surface area contributed by atoms with Gasteiger partial charge in [-0.1, -0.05) is 32.6 Å². The summed E-state index contributed by atoms with van der Waals surface area (Å²) in [7, 11) is 0. The first-order valence-electron chi connectivity index (χ1n) is 7.75. The highest BCUT2D eigenvalue weighted by Crippen LogP contribution is 2.20. The fraction of sp³-hybridized carbons (Fsp3) is 1.00. The van der Waals surface area contributed by atoms with E-state index in [2.05, 4.69) is 12.2 Å². The number of aliphatic hydroxyl groups excluding tert-OH is 1. The summed E-state index contributed by atoms with van der Waals surface area (Å²) in [6.07, 6.45) is 9.66. The second-order valence-electron chi connectivity index (χ2n) is 5.92. The van der Waals surface area contributed by atoms with E-state index >= 15 is 0 Å². The zero-order valence-electron chi connectivity index (χ0n) is 12.1. The van der Waals surface area contributed by atoms with Crippen molar-refractivity contribution < 1.29 is 10.2 Å². The summed E-state index contributed by atoms with van der Waals surface area (Å²) in [4.78, 5) is 0. The van der Waals surface area contributed by atoms with Crippen LogP contribution in [0.5, 0.6) is 0 Å². The molecule has 1 saturated carbocycles. The molecule has 0 heterocycles. The number of rotatable bonds is 8. The molecule has 3 N–H and O–H groups in total. The van der Waals surface area contributed by atoms with E-state index in [1.54, 1.807) is 0 Å². The van der Waals surface area contributed by atoms with Gasteiger partial charge in [-0.2, -0.15) is 0 Å². The Kier molecular flexibility index (Phi) is 7.87. The molecule has 18 heavy (non-hydrogen) atoms. The second-order valence-corrected chi connectivity index (χ2v) is 5.92. The first-order chi connectivity index (χ1) is 8.63. The molecule has 2 unspecified atom stereocenters. The molecule has 1 fully saturated rings. The van der Waals surface area contributed by atoms with Crippen molar-refractivity contribution in [1.82, 2.24) is 5.32 Å². The van der Waals surface area contributed by atoms with Crippen LogP contribution in [0, 0.1) is 5.92 Å². The van der Waals surface area contributed by atoms with Crippen molar-refractivity contribution in [2.45, 2.75) is 90.0 Å². The quantitative estimate of drug-likeness (QED) is 0.586. The van der Waals surface area contributed by atoms with Gasteiger partial charge in [0, 0.05) is 18.0 Å². The molecule has 108 valence electrons. The number of hydrogen-bond acceptors (Lipinski definition) is 3. The van der Waals surface area contributed by atoms with Gasteiger partial charge >= 0.3 is 0 Å². The predicted octanol–water partition coefficient (Wildman–Crippen LogP) is 2.80. The van der Waals surface area contributed by atoms with Crippen molar-refractivity contribution in [3.05, 3.63) is 0 Å². The Bertz CT molecular complexity index is 203. The van der Waals surface area contributed by atoms with Gasteiger partial charge in [-0.15, -0.1) is 0 Å². The first kappa shape index (κ1) is 15.9. The highest BCUT2D eigenvalue weighted by molar-refractivity contribution is 4.75.